The van der Waals surface area contributed by atoms with Crippen molar-refractivity contribution in [2.75, 3.05) is 0 Å². The number of nitro benzene ring substituents is 1. The molecule has 0 aliphatic carbocycles. The number of benzene rings is 1. The molecule has 0 aliphatic heterocycles. The Morgan fingerprint density at radius 1 is 1.29 bits per heavy atom. The van der Waals surface area contributed by atoms with Gasteiger partial charge in [0.25, 0.3) is 5.69 Å². The molecule has 6 nitrogen and oxygen atoms in total. The van der Waals surface area contributed by atoms with Gasteiger partial charge in [-0.15, -0.1) is 0 Å². The zero-order valence-corrected chi connectivity index (χ0v) is 13.4. The summed E-state index contributed by atoms with van der Waals surface area (Å²) in [5.74, 6) is 1.73. The number of halogens is 1. The fraction of sp³-hybridized carbons (Fsp3) is 0.286. The highest BCUT2D eigenvalue weighted by Gasteiger charge is 2.12. The maximum absolute atomic E-state index is 10.8. The van der Waals surface area contributed by atoms with Crippen LogP contribution in [0.5, 0.6) is 11.6 Å². The van der Waals surface area contributed by atoms with Crippen molar-refractivity contribution >= 4 is 21.6 Å². The SMILES string of the molecule is Cc1cc(Oc2cc(Br)nc(C(C)C)n2)ccc1[N+](=O)[O-]. The Morgan fingerprint density at radius 3 is 2.57 bits per heavy atom. The molecule has 0 amide bonds. The van der Waals surface area contributed by atoms with E-state index >= 15 is 0 Å². The van der Waals surface area contributed by atoms with Crippen LogP contribution in [0.25, 0.3) is 0 Å². The second kappa shape index (κ2) is 6.17. The molecule has 0 spiro atoms. The first kappa shape index (κ1) is 15.4. The van der Waals surface area contributed by atoms with E-state index in [-0.39, 0.29) is 11.6 Å². The molecule has 0 unspecified atom stereocenters. The van der Waals surface area contributed by atoms with Crippen LogP contribution in [0.1, 0.15) is 31.2 Å². The summed E-state index contributed by atoms with van der Waals surface area (Å²) in [5.41, 5.74) is 0.601. The van der Waals surface area contributed by atoms with Crippen molar-refractivity contribution in [2.24, 2.45) is 0 Å². The smallest absolute Gasteiger partial charge is 0.272 e. The molecule has 21 heavy (non-hydrogen) atoms. The summed E-state index contributed by atoms with van der Waals surface area (Å²) >= 11 is 3.32. The third-order valence-electron chi connectivity index (χ3n) is 2.79. The minimum absolute atomic E-state index is 0.0640. The van der Waals surface area contributed by atoms with Crippen LogP contribution in [0.3, 0.4) is 0 Å². The molecule has 0 fully saturated rings. The highest BCUT2D eigenvalue weighted by atomic mass is 79.9. The third kappa shape index (κ3) is 3.75. The lowest BCUT2D eigenvalue weighted by Crippen LogP contribution is -2.00. The number of rotatable bonds is 4. The zero-order valence-electron chi connectivity index (χ0n) is 11.8. The molecule has 1 aromatic carbocycles. The lowest BCUT2D eigenvalue weighted by atomic mass is 10.2. The zero-order chi connectivity index (χ0) is 15.6. The van der Waals surface area contributed by atoms with Crippen molar-refractivity contribution in [3.05, 3.63) is 50.4 Å². The highest BCUT2D eigenvalue weighted by molar-refractivity contribution is 9.10. The Kier molecular flexibility index (Phi) is 4.52. The average Bonchev–Trinajstić information content (AvgIpc) is 2.37. The summed E-state index contributed by atoms with van der Waals surface area (Å²) in [7, 11) is 0. The van der Waals surface area contributed by atoms with Gasteiger partial charge in [-0.3, -0.25) is 10.1 Å². The number of ether oxygens (including phenoxy) is 1. The highest BCUT2D eigenvalue weighted by Crippen LogP contribution is 2.28. The quantitative estimate of drug-likeness (QED) is 0.464. The lowest BCUT2D eigenvalue weighted by molar-refractivity contribution is -0.385. The fourth-order valence-corrected chi connectivity index (χ4v) is 2.12. The molecule has 0 bridgehead atoms. The number of aryl methyl sites for hydroxylation is 1. The molecule has 0 radical (unpaired) electrons. The van der Waals surface area contributed by atoms with Gasteiger partial charge in [-0.25, -0.2) is 4.98 Å². The van der Waals surface area contributed by atoms with Crippen LogP contribution in [0, 0.1) is 17.0 Å². The van der Waals surface area contributed by atoms with Gasteiger partial charge in [0, 0.05) is 23.6 Å². The monoisotopic (exact) mass is 351 g/mol. The van der Waals surface area contributed by atoms with Gasteiger partial charge in [-0.2, -0.15) is 4.98 Å². The minimum Gasteiger partial charge on any atom is -0.439 e. The molecule has 0 saturated carbocycles. The summed E-state index contributed by atoms with van der Waals surface area (Å²) in [6.45, 7) is 5.64. The maximum Gasteiger partial charge on any atom is 0.272 e. The first-order valence-corrected chi connectivity index (χ1v) is 7.13. The predicted molar refractivity (Wildman–Crippen MR) is 81.7 cm³/mol. The predicted octanol–water partition coefficient (Wildman–Crippen LogP) is 4.37. The second-order valence-electron chi connectivity index (χ2n) is 4.85. The van der Waals surface area contributed by atoms with Crippen molar-refractivity contribution in [1.82, 2.24) is 9.97 Å². The normalized spacial score (nSPS) is 10.7. The first-order valence-electron chi connectivity index (χ1n) is 6.34. The molecule has 7 heteroatoms. The van der Waals surface area contributed by atoms with Crippen LogP contribution in [0.4, 0.5) is 5.69 Å². The van der Waals surface area contributed by atoms with Crippen LogP contribution in [0.15, 0.2) is 28.9 Å². The van der Waals surface area contributed by atoms with E-state index in [4.69, 9.17) is 4.74 Å². The van der Waals surface area contributed by atoms with Gasteiger partial charge < -0.3 is 4.74 Å². The Bertz CT molecular complexity index is 689. The van der Waals surface area contributed by atoms with Crippen molar-refractivity contribution in [1.29, 1.82) is 0 Å². The molecular formula is C14H14BrN3O3. The largest absolute Gasteiger partial charge is 0.439 e. The summed E-state index contributed by atoms with van der Waals surface area (Å²) in [4.78, 5) is 19.0. The van der Waals surface area contributed by atoms with Crippen LogP contribution < -0.4 is 4.74 Å². The third-order valence-corrected chi connectivity index (χ3v) is 3.20. The number of nitrogens with zero attached hydrogens (tertiary/aromatic N) is 3. The van der Waals surface area contributed by atoms with E-state index < -0.39 is 4.92 Å². The van der Waals surface area contributed by atoms with Gasteiger partial charge in [-0.05, 0) is 35.0 Å². The molecule has 0 aliphatic rings. The van der Waals surface area contributed by atoms with Crippen LogP contribution in [-0.4, -0.2) is 14.9 Å². The fourth-order valence-electron chi connectivity index (χ4n) is 1.74. The molecule has 2 aromatic rings. The Balaban J connectivity index is 2.30. The summed E-state index contributed by atoms with van der Waals surface area (Å²) < 4.78 is 6.30. The molecular weight excluding hydrogens is 338 g/mol. The second-order valence-corrected chi connectivity index (χ2v) is 5.66. The molecule has 2 rings (SSSR count). The Labute approximate surface area is 130 Å². The molecule has 1 heterocycles. The van der Waals surface area contributed by atoms with E-state index in [9.17, 15) is 10.1 Å². The molecule has 1 aromatic heterocycles. The van der Waals surface area contributed by atoms with E-state index in [0.29, 0.717) is 27.6 Å². The van der Waals surface area contributed by atoms with E-state index in [1.54, 1.807) is 25.1 Å². The van der Waals surface area contributed by atoms with Gasteiger partial charge in [-0.1, -0.05) is 13.8 Å². The van der Waals surface area contributed by atoms with Crippen LogP contribution in [-0.2, 0) is 0 Å². The molecule has 0 saturated heterocycles. The maximum atomic E-state index is 10.8. The van der Waals surface area contributed by atoms with Gasteiger partial charge >= 0.3 is 0 Å². The number of hydrogen-bond donors (Lipinski definition) is 0. The van der Waals surface area contributed by atoms with Gasteiger partial charge in [0.15, 0.2) is 0 Å². The summed E-state index contributed by atoms with van der Waals surface area (Å²) in [6.07, 6.45) is 0. The number of hydrogen-bond acceptors (Lipinski definition) is 5. The Hall–Kier alpha value is -2.02. The van der Waals surface area contributed by atoms with E-state index in [2.05, 4.69) is 25.9 Å². The topological polar surface area (TPSA) is 78.2 Å². The average molecular weight is 352 g/mol. The van der Waals surface area contributed by atoms with E-state index in [0.717, 1.165) is 0 Å². The van der Waals surface area contributed by atoms with Gasteiger partial charge in [0.05, 0.1) is 4.92 Å². The molecule has 0 atom stereocenters. The van der Waals surface area contributed by atoms with Crippen molar-refractivity contribution in [2.45, 2.75) is 26.7 Å². The van der Waals surface area contributed by atoms with Gasteiger partial charge in [0.2, 0.25) is 5.88 Å². The van der Waals surface area contributed by atoms with E-state index in [1.807, 2.05) is 13.8 Å². The molecule has 110 valence electrons. The van der Waals surface area contributed by atoms with Crippen LogP contribution in [0.2, 0.25) is 0 Å². The summed E-state index contributed by atoms with van der Waals surface area (Å²) in [6, 6.07) is 6.24. The first-order chi connectivity index (χ1) is 9.86. The standard InChI is InChI=1S/C14H14BrN3O3/c1-8(2)14-16-12(15)7-13(17-14)21-10-4-5-11(18(19)20)9(3)6-10/h4-8H,1-3H3. The minimum atomic E-state index is -0.419. The number of nitro groups is 1. The van der Waals surface area contributed by atoms with E-state index in [1.165, 1.54) is 6.07 Å². The van der Waals surface area contributed by atoms with Crippen molar-refractivity contribution in [3.8, 4) is 11.6 Å². The Morgan fingerprint density at radius 2 is 2.00 bits per heavy atom. The van der Waals surface area contributed by atoms with Crippen molar-refractivity contribution < 1.29 is 9.66 Å². The number of aromatic nitrogens is 2. The lowest BCUT2D eigenvalue weighted by Gasteiger charge is -2.09. The summed E-state index contributed by atoms with van der Waals surface area (Å²) in [5, 5.41) is 10.8. The van der Waals surface area contributed by atoms with Crippen LogP contribution >= 0.6 is 15.9 Å². The van der Waals surface area contributed by atoms with Gasteiger partial charge in [0.1, 0.15) is 16.2 Å². The van der Waals surface area contributed by atoms with Crippen molar-refractivity contribution in [3.63, 3.8) is 0 Å². The molecule has 0 N–H and O–H groups in total.